The maximum Gasteiger partial charge on any atom is 0.329 e. The average molecular weight is 461 g/mol. The van der Waals surface area contributed by atoms with E-state index in [0.29, 0.717) is 12.8 Å². The maximum atomic E-state index is 13.4. The molecule has 2 atom stereocenters. The number of halogens is 2. The van der Waals surface area contributed by atoms with Crippen molar-refractivity contribution in [1.29, 1.82) is 0 Å². The van der Waals surface area contributed by atoms with Crippen LogP contribution in [0.4, 0.5) is 11.4 Å². The average Bonchev–Trinajstić information content (AvgIpc) is 3.30. The highest BCUT2D eigenvalue weighted by molar-refractivity contribution is 6.14. The smallest absolute Gasteiger partial charge is 0.329 e. The second-order valence-electron chi connectivity index (χ2n) is 7.67. The number of fused-ring (bicyclic) bond motifs is 2. The van der Waals surface area contributed by atoms with E-state index < -0.39 is 22.8 Å². The van der Waals surface area contributed by atoms with Gasteiger partial charge in [-0.25, -0.2) is 0 Å². The molecular weight excluding hydrogens is 435 g/mol. The minimum Gasteiger partial charge on any atom is -0.391 e. The highest BCUT2D eigenvalue weighted by Crippen LogP contribution is 2.44. The summed E-state index contributed by atoms with van der Waals surface area (Å²) >= 11 is 0. The van der Waals surface area contributed by atoms with E-state index in [0.717, 1.165) is 35.3 Å². The number of carbonyl (C=O) groups is 2. The van der Waals surface area contributed by atoms with Crippen molar-refractivity contribution in [2.75, 3.05) is 0 Å². The molecule has 0 radical (unpaired) electrons. The summed E-state index contributed by atoms with van der Waals surface area (Å²) in [5.74, 6) is -1.13. The van der Waals surface area contributed by atoms with Crippen LogP contribution >= 0.6 is 24.8 Å². The third-order valence-corrected chi connectivity index (χ3v) is 5.82. The Morgan fingerprint density at radius 1 is 0.742 bits per heavy atom. The lowest BCUT2D eigenvalue weighted by atomic mass is 9.77. The van der Waals surface area contributed by atoms with Crippen molar-refractivity contribution >= 4 is 60.6 Å². The van der Waals surface area contributed by atoms with Gasteiger partial charge in [0.05, 0.1) is 11.4 Å². The summed E-state index contributed by atoms with van der Waals surface area (Å²) in [4.78, 5) is 35.6. The van der Waals surface area contributed by atoms with Gasteiger partial charge in [0.25, 0.3) is 0 Å². The Balaban J connectivity index is 0.00000171. The van der Waals surface area contributed by atoms with E-state index in [1.54, 1.807) is 12.4 Å². The molecule has 0 bridgehead atoms. The van der Waals surface area contributed by atoms with Crippen LogP contribution in [0.1, 0.15) is 50.7 Å². The van der Waals surface area contributed by atoms with Crippen molar-refractivity contribution in [2.45, 2.75) is 50.4 Å². The molecule has 2 aliphatic heterocycles. The van der Waals surface area contributed by atoms with E-state index in [4.69, 9.17) is 4.74 Å². The summed E-state index contributed by atoms with van der Waals surface area (Å²) in [5.41, 5.74) is 1.05. The summed E-state index contributed by atoms with van der Waals surface area (Å²) in [5, 5.41) is 0. The Morgan fingerprint density at radius 2 is 1.13 bits per heavy atom. The van der Waals surface area contributed by atoms with Gasteiger partial charge in [-0.05, 0) is 25.0 Å². The molecule has 7 heteroatoms. The van der Waals surface area contributed by atoms with E-state index >= 15 is 0 Å². The zero-order valence-corrected chi connectivity index (χ0v) is 19.2. The first-order valence-electron chi connectivity index (χ1n) is 10.1. The van der Waals surface area contributed by atoms with Gasteiger partial charge >= 0.3 is 11.9 Å². The van der Waals surface area contributed by atoms with Gasteiger partial charge in [0.1, 0.15) is 10.8 Å². The summed E-state index contributed by atoms with van der Waals surface area (Å²) in [6.07, 6.45) is 5.86. The molecule has 0 N–H and O–H groups in total. The van der Waals surface area contributed by atoms with Gasteiger partial charge in [-0.3, -0.25) is 19.6 Å². The number of hydrogen-bond acceptors (Lipinski definition) is 5. The van der Waals surface area contributed by atoms with Gasteiger partial charge in [0, 0.05) is 23.6 Å². The topological polar surface area (TPSA) is 68.1 Å². The summed E-state index contributed by atoms with van der Waals surface area (Å²) < 4.78 is 5.58. The van der Waals surface area contributed by atoms with E-state index in [1.165, 1.54) is 0 Å². The second kappa shape index (κ2) is 9.75. The first-order chi connectivity index (χ1) is 14.1. The predicted molar refractivity (Wildman–Crippen MR) is 128 cm³/mol. The molecule has 0 saturated carbocycles. The normalized spacial score (nSPS) is 22.1. The molecule has 0 saturated heterocycles. The first-order valence-corrected chi connectivity index (χ1v) is 10.1. The molecule has 5 nitrogen and oxygen atoms in total. The fraction of sp³-hybridized carbons (Fsp3) is 0.333. The van der Waals surface area contributed by atoms with E-state index in [-0.39, 0.29) is 24.8 Å². The van der Waals surface area contributed by atoms with Crippen LogP contribution in [0.3, 0.4) is 0 Å². The number of benzene rings is 2. The molecule has 2 aliphatic rings. The van der Waals surface area contributed by atoms with Gasteiger partial charge < -0.3 is 4.74 Å². The predicted octanol–water partition coefficient (Wildman–Crippen LogP) is 5.81. The molecule has 0 aliphatic carbocycles. The van der Waals surface area contributed by atoms with Crippen molar-refractivity contribution in [2.24, 2.45) is 9.98 Å². The lowest BCUT2D eigenvalue weighted by molar-refractivity contribution is -0.164. The monoisotopic (exact) mass is 460 g/mol. The van der Waals surface area contributed by atoms with Gasteiger partial charge in [-0.1, -0.05) is 63.1 Å². The molecule has 0 spiro atoms. The number of para-hydroxylation sites is 2. The number of aliphatic imine (C=N–C) groups is 2. The van der Waals surface area contributed by atoms with Crippen LogP contribution in [0.25, 0.3) is 0 Å². The number of nitrogens with zero attached hydrogens (tertiary/aromatic N) is 2. The zero-order valence-electron chi connectivity index (χ0n) is 17.5. The van der Waals surface area contributed by atoms with Crippen LogP contribution in [-0.2, 0) is 25.2 Å². The lowest BCUT2D eigenvalue weighted by Crippen LogP contribution is -2.44. The van der Waals surface area contributed by atoms with E-state index in [1.807, 2.05) is 62.4 Å². The Labute approximate surface area is 194 Å². The van der Waals surface area contributed by atoms with Gasteiger partial charge in [-0.2, -0.15) is 0 Å². The molecule has 0 amide bonds. The molecule has 164 valence electrons. The fourth-order valence-corrected chi connectivity index (χ4v) is 4.41. The maximum absolute atomic E-state index is 13.4. The van der Waals surface area contributed by atoms with Crippen LogP contribution in [0, 0.1) is 0 Å². The van der Waals surface area contributed by atoms with Crippen LogP contribution in [0.2, 0.25) is 0 Å². The van der Waals surface area contributed by atoms with Crippen molar-refractivity contribution in [3.63, 3.8) is 0 Å². The summed E-state index contributed by atoms with van der Waals surface area (Å²) in [6, 6.07) is 15.0. The number of esters is 2. The Morgan fingerprint density at radius 3 is 1.52 bits per heavy atom. The molecule has 2 aromatic carbocycles. The highest BCUT2D eigenvalue weighted by Gasteiger charge is 2.50. The SMILES string of the molecule is CCCC1(C(=O)OC(=O)C2(CCC)C=Nc3ccccc32)C=Nc2ccccc21.Cl.Cl. The van der Waals surface area contributed by atoms with Crippen LogP contribution in [0.5, 0.6) is 0 Å². The molecule has 4 rings (SSSR count). The fourth-order valence-electron chi connectivity index (χ4n) is 4.41. The number of hydrogen-bond donors (Lipinski definition) is 0. The van der Waals surface area contributed by atoms with Gasteiger partial charge in [0.15, 0.2) is 0 Å². The number of rotatable bonds is 6. The standard InChI is InChI=1S/C24H24N2O3.2ClH/c1-3-13-23(15-25-19-11-7-5-9-17(19)23)21(27)29-22(28)24(14-4-2)16-26-20-12-8-6-10-18(20)24;;/h5-12,15-16H,3-4,13-14H2,1-2H3;2*1H. The largest absolute Gasteiger partial charge is 0.391 e. The van der Waals surface area contributed by atoms with Crippen molar-refractivity contribution < 1.29 is 14.3 Å². The third kappa shape index (κ3) is 3.92. The molecule has 2 heterocycles. The number of carbonyl (C=O) groups excluding carboxylic acids is 2. The van der Waals surface area contributed by atoms with Crippen LogP contribution in [0.15, 0.2) is 58.5 Å². The second-order valence-corrected chi connectivity index (χ2v) is 7.67. The summed E-state index contributed by atoms with van der Waals surface area (Å²) in [6.45, 7) is 4.01. The molecule has 2 aromatic rings. The molecule has 2 unspecified atom stereocenters. The first kappa shape index (κ1) is 24.8. The molecular formula is C24H26Cl2N2O3. The molecule has 0 aromatic heterocycles. The highest BCUT2D eigenvalue weighted by atomic mass is 35.5. The minimum atomic E-state index is -1.02. The minimum absolute atomic E-state index is 0. The van der Waals surface area contributed by atoms with Gasteiger partial charge in [-0.15, -0.1) is 24.8 Å². The number of ether oxygens (including phenoxy) is 1. The van der Waals surface area contributed by atoms with Crippen molar-refractivity contribution in [3.05, 3.63) is 59.7 Å². The van der Waals surface area contributed by atoms with E-state index in [2.05, 4.69) is 9.98 Å². The van der Waals surface area contributed by atoms with Crippen LogP contribution in [-0.4, -0.2) is 24.4 Å². The van der Waals surface area contributed by atoms with Crippen LogP contribution < -0.4 is 0 Å². The summed E-state index contributed by atoms with van der Waals surface area (Å²) in [7, 11) is 0. The van der Waals surface area contributed by atoms with Crippen molar-refractivity contribution in [3.8, 4) is 0 Å². The molecule has 0 fully saturated rings. The Hall–Kier alpha value is -2.50. The molecule has 31 heavy (non-hydrogen) atoms. The zero-order chi connectivity index (χ0) is 20.5. The van der Waals surface area contributed by atoms with E-state index in [9.17, 15) is 9.59 Å². The Bertz CT molecular complexity index is 955. The Kier molecular flexibility index (Phi) is 7.79. The quantitative estimate of drug-likeness (QED) is 0.403. The van der Waals surface area contributed by atoms with Crippen molar-refractivity contribution in [1.82, 2.24) is 0 Å². The van der Waals surface area contributed by atoms with Gasteiger partial charge in [0.2, 0.25) is 0 Å². The third-order valence-electron chi connectivity index (χ3n) is 5.82. The lowest BCUT2D eigenvalue weighted by Gasteiger charge is -2.28.